The second kappa shape index (κ2) is 3.83. The molecule has 0 aromatic heterocycles. The second-order valence-corrected chi connectivity index (χ2v) is 3.35. The van der Waals surface area contributed by atoms with Crippen LogP contribution in [0.3, 0.4) is 0 Å². The van der Waals surface area contributed by atoms with Crippen molar-refractivity contribution in [1.29, 1.82) is 0 Å². The van der Waals surface area contributed by atoms with Crippen LogP contribution in [0, 0.1) is 11.6 Å². The first-order valence-electron chi connectivity index (χ1n) is 3.40. The van der Waals surface area contributed by atoms with E-state index in [0.717, 1.165) is 6.07 Å². The molecule has 0 aliphatic heterocycles. The third kappa shape index (κ3) is 2.24. The van der Waals surface area contributed by atoms with E-state index < -0.39 is 22.4 Å². The van der Waals surface area contributed by atoms with Gasteiger partial charge in [0.1, 0.15) is 16.5 Å². The Balaban J connectivity index is 3.08. The first-order chi connectivity index (χ1) is 6.02. The van der Waals surface area contributed by atoms with Crippen molar-refractivity contribution in [3.8, 4) is 0 Å². The van der Waals surface area contributed by atoms with E-state index in [9.17, 15) is 13.6 Å². The number of alkyl halides is 1. The molecule has 0 heterocycles. The number of carbonyl (C=O) groups excluding carboxylic acids is 1. The van der Waals surface area contributed by atoms with Crippen LogP contribution in [0.2, 0.25) is 0 Å². The third-order valence-electron chi connectivity index (χ3n) is 1.49. The molecule has 1 aromatic carbocycles. The molecule has 0 saturated heterocycles. The van der Waals surface area contributed by atoms with Crippen LogP contribution in [-0.2, 0) is 4.79 Å². The van der Waals surface area contributed by atoms with Crippen molar-refractivity contribution in [2.75, 3.05) is 0 Å². The molecule has 1 rings (SSSR count). The van der Waals surface area contributed by atoms with E-state index in [2.05, 4.69) is 15.9 Å². The van der Waals surface area contributed by atoms with Gasteiger partial charge >= 0.3 is 0 Å². The molecule has 2 N–H and O–H groups in total. The van der Waals surface area contributed by atoms with Crippen LogP contribution < -0.4 is 5.73 Å². The lowest BCUT2D eigenvalue weighted by atomic mass is 10.1. The van der Waals surface area contributed by atoms with Crippen LogP contribution >= 0.6 is 15.9 Å². The lowest BCUT2D eigenvalue weighted by Crippen LogP contribution is -2.17. The molecule has 1 amide bonds. The molecule has 0 aliphatic carbocycles. The van der Waals surface area contributed by atoms with Crippen molar-refractivity contribution in [2.24, 2.45) is 5.73 Å². The molecule has 0 fully saturated rings. The number of hydrogen-bond donors (Lipinski definition) is 1. The van der Waals surface area contributed by atoms with Gasteiger partial charge in [-0.2, -0.15) is 0 Å². The van der Waals surface area contributed by atoms with Gasteiger partial charge in [-0.25, -0.2) is 8.78 Å². The Morgan fingerprint density at radius 1 is 1.46 bits per heavy atom. The Labute approximate surface area is 81.9 Å². The fraction of sp³-hybridized carbons (Fsp3) is 0.125. The Morgan fingerprint density at radius 3 is 2.54 bits per heavy atom. The van der Waals surface area contributed by atoms with Gasteiger partial charge in [-0.15, -0.1) is 0 Å². The maximum atomic E-state index is 13.0. The highest BCUT2D eigenvalue weighted by atomic mass is 79.9. The minimum absolute atomic E-state index is 0.0360. The summed E-state index contributed by atoms with van der Waals surface area (Å²) in [6, 6.07) is 2.94. The predicted octanol–water partition coefficient (Wildman–Crippen LogP) is 1.89. The molecule has 1 aromatic rings. The third-order valence-corrected chi connectivity index (χ3v) is 2.43. The second-order valence-electron chi connectivity index (χ2n) is 2.43. The van der Waals surface area contributed by atoms with Crippen LogP contribution in [0.5, 0.6) is 0 Å². The number of amides is 1. The highest BCUT2D eigenvalue weighted by molar-refractivity contribution is 9.09. The van der Waals surface area contributed by atoms with Crippen molar-refractivity contribution >= 4 is 21.8 Å². The van der Waals surface area contributed by atoms with E-state index in [0.29, 0.717) is 6.07 Å². The number of rotatable bonds is 2. The normalized spacial score (nSPS) is 12.5. The van der Waals surface area contributed by atoms with E-state index in [4.69, 9.17) is 5.73 Å². The van der Waals surface area contributed by atoms with E-state index in [-0.39, 0.29) is 5.56 Å². The molecule has 1 unspecified atom stereocenters. The van der Waals surface area contributed by atoms with Crippen molar-refractivity contribution in [1.82, 2.24) is 0 Å². The van der Waals surface area contributed by atoms with Gasteiger partial charge in [0.2, 0.25) is 5.91 Å². The van der Waals surface area contributed by atoms with Gasteiger partial charge in [-0.3, -0.25) is 4.79 Å². The molecule has 0 spiro atoms. The highest BCUT2D eigenvalue weighted by Gasteiger charge is 2.17. The van der Waals surface area contributed by atoms with Crippen molar-refractivity contribution in [3.05, 3.63) is 35.4 Å². The van der Waals surface area contributed by atoms with E-state index >= 15 is 0 Å². The smallest absolute Gasteiger partial charge is 0.235 e. The van der Waals surface area contributed by atoms with Crippen LogP contribution in [0.15, 0.2) is 18.2 Å². The van der Waals surface area contributed by atoms with Gasteiger partial charge in [0.05, 0.1) is 0 Å². The fourth-order valence-electron chi connectivity index (χ4n) is 0.860. The molecule has 0 radical (unpaired) electrons. The Kier molecular flexibility index (Phi) is 2.98. The number of carbonyl (C=O) groups is 1. The monoisotopic (exact) mass is 249 g/mol. The summed E-state index contributed by atoms with van der Waals surface area (Å²) in [6.07, 6.45) is 0. The maximum absolute atomic E-state index is 13.0. The summed E-state index contributed by atoms with van der Waals surface area (Å²) in [4.78, 5) is 9.73. The summed E-state index contributed by atoms with van der Waals surface area (Å²) in [5.41, 5.74) is 4.96. The van der Waals surface area contributed by atoms with Crippen molar-refractivity contribution in [2.45, 2.75) is 4.83 Å². The molecule has 13 heavy (non-hydrogen) atoms. The van der Waals surface area contributed by atoms with Crippen LogP contribution in [0.1, 0.15) is 10.4 Å². The number of nitrogens with two attached hydrogens (primary N) is 1. The number of hydrogen-bond acceptors (Lipinski definition) is 1. The zero-order chi connectivity index (χ0) is 10.0. The largest absolute Gasteiger partial charge is 0.368 e. The van der Waals surface area contributed by atoms with Crippen molar-refractivity contribution in [3.63, 3.8) is 0 Å². The van der Waals surface area contributed by atoms with Gasteiger partial charge in [0.15, 0.2) is 0 Å². The lowest BCUT2D eigenvalue weighted by molar-refractivity contribution is -0.117. The molecule has 0 aliphatic rings. The van der Waals surface area contributed by atoms with E-state index in [1.165, 1.54) is 6.07 Å². The predicted molar refractivity (Wildman–Crippen MR) is 47.2 cm³/mol. The molecule has 5 heteroatoms. The van der Waals surface area contributed by atoms with E-state index in [1.807, 2.05) is 0 Å². The van der Waals surface area contributed by atoms with Gasteiger partial charge in [0, 0.05) is 11.6 Å². The summed E-state index contributed by atoms with van der Waals surface area (Å²) in [6.45, 7) is 0. The summed E-state index contributed by atoms with van der Waals surface area (Å²) in [7, 11) is 0. The highest BCUT2D eigenvalue weighted by Crippen LogP contribution is 2.25. The van der Waals surface area contributed by atoms with Crippen LogP contribution in [0.4, 0.5) is 8.78 Å². The maximum Gasteiger partial charge on any atom is 0.235 e. The van der Waals surface area contributed by atoms with Crippen molar-refractivity contribution < 1.29 is 13.6 Å². The number of halogens is 3. The Hall–Kier alpha value is -0.970. The lowest BCUT2D eigenvalue weighted by Gasteiger charge is -2.06. The van der Waals surface area contributed by atoms with Gasteiger partial charge < -0.3 is 5.73 Å². The van der Waals surface area contributed by atoms with Crippen LogP contribution in [-0.4, -0.2) is 5.91 Å². The summed E-state index contributed by atoms with van der Waals surface area (Å²) in [5, 5.41) is 0. The Bertz CT molecular complexity index is 343. The molecule has 0 saturated carbocycles. The minimum Gasteiger partial charge on any atom is -0.368 e. The molecule has 1 atom stereocenters. The summed E-state index contributed by atoms with van der Waals surface area (Å²) in [5.74, 6) is -2.20. The topological polar surface area (TPSA) is 43.1 Å². The average Bonchev–Trinajstić information content (AvgIpc) is 2.03. The molecular formula is C8H6BrF2NO. The first-order valence-corrected chi connectivity index (χ1v) is 4.32. The van der Waals surface area contributed by atoms with Crippen LogP contribution in [0.25, 0.3) is 0 Å². The molecule has 0 bridgehead atoms. The molecule has 70 valence electrons. The minimum atomic E-state index is -0.923. The van der Waals surface area contributed by atoms with Gasteiger partial charge in [0.25, 0.3) is 0 Å². The quantitative estimate of drug-likeness (QED) is 0.800. The standard InChI is InChI=1S/C8H6BrF2NO/c9-7(8(12)13)5-2-1-4(10)3-6(5)11/h1-3,7H,(H2,12,13). The molecule has 2 nitrogen and oxygen atoms in total. The molecular weight excluding hydrogens is 244 g/mol. The Morgan fingerprint density at radius 2 is 2.08 bits per heavy atom. The summed E-state index contributed by atoms with van der Waals surface area (Å²) < 4.78 is 25.4. The summed E-state index contributed by atoms with van der Waals surface area (Å²) >= 11 is 2.89. The first kappa shape index (κ1) is 10.1. The average molecular weight is 250 g/mol. The SMILES string of the molecule is NC(=O)C(Br)c1ccc(F)cc1F. The fourth-order valence-corrected chi connectivity index (χ4v) is 1.23. The van der Waals surface area contributed by atoms with Gasteiger partial charge in [-0.05, 0) is 6.07 Å². The zero-order valence-electron chi connectivity index (χ0n) is 6.43. The van der Waals surface area contributed by atoms with Gasteiger partial charge in [-0.1, -0.05) is 22.0 Å². The number of benzene rings is 1. The zero-order valence-corrected chi connectivity index (χ0v) is 8.01. The number of primary amides is 1. The van der Waals surface area contributed by atoms with E-state index in [1.54, 1.807) is 0 Å².